The molecule has 0 aromatic carbocycles. The molecule has 1 amide bonds. The normalized spacial score (nSPS) is 21.0. The van der Waals surface area contributed by atoms with Gasteiger partial charge in [0.15, 0.2) is 0 Å². The first-order chi connectivity index (χ1) is 6.66. The van der Waals surface area contributed by atoms with E-state index in [1.54, 1.807) is 18.0 Å². The Morgan fingerprint density at radius 2 is 2.50 bits per heavy atom. The molecule has 1 unspecified atom stereocenters. The SMILES string of the molecule is CC1CSc2ncc(Br)cc2NC1=O. The Kier molecular flexibility index (Phi) is 2.78. The van der Waals surface area contributed by atoms with Crippen LogP contribution in [0, 0.1) is 5.92 Å². The maximum atomic E-state index is 11.5. The maximum absolute atomic E-state index is 11.5. The van der Waals surface area contributed by atoms with E-state index in [0.717, 1.165) is 20.9 Å². The third-order valence-corrected chi connectivity index (χ3v) is 3.69. The van der Waals surface area contributed by atoms with E-state index in [2.05, 4.69) is 26.2 Å². The van der Waals surface area contributed by atoms with Gasteiger partial charge in [0.05, 0.1) is 5.69 Å². The molecule has 0 radical (unpaired) electrons. The van der Waals surface area contributed by atoms with Gasteiger partial charge in [-0.25, -0.2) is 4.98 Å². The van der Waals surface area contributed by atoms with E-state index in [9.17, 15) is 4.79 Å². The van der Waals surface area contributed by atoms with Crippen LogP contribution in [0.4, 0.5) is 5.69 Å². The van der Waals surface area contributed by atoms with Crippen molar-refractivity contribution in [3.05, 3.63) is 16.7 Å². The van der Waals surface area contributed by atoms with Crippen LogP contribution < -0.4 is 5.32 Å². The second kappa shape index (κ2) is 3.90. The van der Waals surface area contributed by atoms with Crippen LogP contribution in [0.2, 0.25) is 0 Å². The van der Waals surface area contributed by atoms with Crippen molar-refractivity contribution < 1.29 is 4.79 Å². The van der Waals surface area contributed by atoms with Gasteiger partial charge in [0.1, 0.15) is 5.03 Å². The van der Waals surface area contributed by atoms with Gasteiger partial charge in [-0.3, -0.25) is 4.79 Å². The molecule has 2 heterocycles. The van der Waals surface area contributed by atoms with Crippen LogP contribution in [-0.4, -0.2) is 16.6 Å². The van der Waals surface area contributed by atoms with Crippen LogP contribution in [0.5, 0.6) is 0 Å². The lowest BCUT2D eigenvalue weighted by Gasteiger charge is -2.05. The molecule has 0 saturated heterocycles. The number of carbonyl (C=O) groups is 1. The number of carbonyl (C=O) groups excluding carboxylic acids is 1. The lowest BCUT2D eigenvalue weighted by Crippen LogP contribution is -2.20. The molecule has 14 heavy (non-hydrogen) atoms. The predicted molar refractivity (Wildman–Crippen MR) is 60.5 cm³/mol. The van der Waals surface area contributed by atoms with E-state index in [1.807, 2.05) is 13.0 Å². The second-order valence-electron chi connectivity index (χ2n) is 3.21. The van der Waals surface area contributed by atoms with Crippen LogP contribution in [0.15, 0.2) is 21.8 Å². The number of aromatic nitrogens is 1. The predicted octanol–water partition coefficient (Wildman–Crippen LogP) is 2.52. The highest BCUT2D eigenvalue weighted by atomic mass is 79.9. The average Bonchev–Trinajstić information content (AvgIpc) is 2.27. The topological polar surface area (TPSA) is 42.0 Å². The summed E-state index contributed by atoms with van der Waals surface area (Å²) in [4.78, 5) is 15.8. The van der Waals surface area contributed by atoms with Gasteiger partial charge in [0.2, 0.25) is 5.91 Å². The molecular weight excluding hydrogens is 264 g/mol. The van der Waals surface area contributed by atoms with Gasteiger partial charge in [0, 0.05) is 22.3 Å². The van der Waals surface area contributed by atoms with Crippen molar-refractivity contribution in [2.45, 2.75) is 11.9 Å². The average molecular weight is 273 g/mol. The molecule has 2 rings (SSSR count). The number of fused-ring (bicyclic) bond motifs is 1. The number of hydrogen-bond donors (Lipinski definition) is 1. The van der Waals surface area contributed by atoms with E-state index >= 15 is 0 Å². The van der Waals surface area contributed by atoms with Gasteiger partial charge in [0.25, 0.3) is 0 Å². The van der Waals surface area contributed by atoms with Gasteiger partial charge in [-0.1, -0.05) is 6.92 Å². The summed E-state index contributed by atoms with van der Waals surface area (Å²) >= 11 is 4.94. The van der Waals surface area contributed by atoms with Crippen molar-refractivity contribution >= 4 is 39.3 Å². The van der Waals surface area contributed by atoms with Crippen LogP contribution >= 0.6 is 27.7 Å². The summed E-state index contributed by atoms with van der Waals surface area (Å²) in [5.41, 5.74) is 0.804. The van der Waals surface area contributed by atoms with Crippen molar-refractivity contribution in [2.75, 3.05) is 11.1 Å². The molecule has 0 bridgehead atoms. The number of nitrogens with one attached hydrogen (secondary N) is 1. The molecule has 0 spiro atoms. The van der Waals surface area contributed by atoms with Gasteiger partial charge in [-0.2, -0.15) is 0 Å². The minimum atomic E-state index is 0.0352. The van der Waals surface area contributed by atoms with Crippen molar-refractivity contribution in [1.29, 1.82) is 0 Å². The maximum Gasteiger partial charge on any atom is 0.228 e. The fraction of sp³-hybridized carbons (Fsp3) is 0.333. The standard InChI is InChI=1S/C9H9BrN2OS/c1-5-4-14-9-7(12-8(5)13)2-6(10)3-11-9/h2-3,5H,4H2,1H3,(H,12,13). The number of hydrogen-bond acceptors (Lipinski definition) is 3. The Labute approximate surface area is 94.8 Å². The highest BCUT2D eigenvalue weighted by Crippen LogP contribution is 2.32. The Morgan fingerprint density at radius 3 is 3.29 bits per heavy atom. The smallest absolute Gasteiger partial charge is 0.228 e. The summed E-state index contributed by atoms with van der Waals surface area (Å²) in [7, 11) is 0. The first kappa shape index (κ1) is 9.98. The quantitative estimate of drug-likeness (QED) is 0.789. The van der Waals surface area contributed by atoms with Gasteiger partial charge >= 0.3 is 0 Å². The van der Waals surface area contributed by atoms with Crippen LogP contribution in [-0.2, 0) is 4.79 Å². The molecule has 0 fully saturated rings. The third-order valence-electron chi connectivity index (χ3n) is 1.99. The molecule has 3 nitrogen and oxygen atoms in total. The van der Waals surface area contributed by atoms with Crippen LogP contribution in [0.3, 0.4) is 0 Å². The van der Waals surface area contributed by atoms with E-state index < -0.39 is 0 Å². The number of amides is 1. The Hall–Kier alpha value is -0.550. The lowest BCUT2D eigenvalue weighted by molar-refractivity contribution is -0.118. The first-order valence-corrected chi connectivity index (χ1v) is 6.04. The number of thioether (sulfide) groups is 1. The molecule has 0 saturated carbocycles. The number of anilines is 1. The molecule has 1 N–H and O–H groups in total. The summed E-state index contributed by atoms with van der Waals surface area (Å²) in [6.45, 7) is 1.92. The molecular formula is C9H9BrN2OS. The van der Waals surface area contributed by atoms with Crippen molar-refractivity contribution in [2.24, 2.45) is 5.92 Å². The minimum absolute atomic E-state index is 0.0352. The molecule has 74 valence electrons. The summed E-state index contributed by atoms with van der Waals surface area (Å²) in [6.07, 6.45) is 1.74. The second-order valence-corrected chi connectivity index (χ2v) is 5.13. The van der Waals surface area contributed by atoms with Gasteiger partial charge in [-0.15, -0.1) is 11.8 Å². The van der Waals surface area contributed by atoms with Crippen molar-refractivity contribution in [3.63, 3.8) is 0 Å². The minimum Gasteiger partial charge on any atom is -0.323 e. The zero-order valence-electron chi connectivity index (χ0n) is 7.58. The Balaban J connectivity index is 2.38. The van der Waals surface area contributed by atoms with Crippen molar-refractivity contribution in [3.8, 4) is 0 Å². The monoisotopic (exact) mass is 272 g/mol. The zero-order chi connectivity index (χ0) is 10.1. The van der Waals surface area contributed by atoms with Gasteiger partial charge in [-0.05, 0) is 22.0 Å². The fourth-order valence-corrected chi connectivity index (χ4v) is 2.45. The first-order valence-electron chi connectivity index (χ1n) is 4.26. The number of nitrogens with zero attached hydrogens (tertiary/aromatic N) is 1. The molecule has 5 heteroatoms. The number of pyridine rings is 1. The molecule has 1 atom stereocenters. The highest BCUT2D eigenvalue weighted by molar-refractivity contribution is 9.10. The molecule has 1 aliphatic rings. The van der Waals surface area contributed by atoms with E-state index in [4.69, 9.17) is 0 Å². The summed E-state index contributed by atoms with van der Waals surface area (Å²) in [5.74, 6) is 0.886. The number of rotatable bonds is 0. The highest BCUT2D eigenvalue weighted by Gasteiger charge is 2.20. The number of halogens is 1. The molecule has 1 aliphatic heterocycles. The van der Waals surface area contributed by atoms with Crippen LogP contribution in [0.1, 0.15) is 6.92 Å². The summed E-state index contributed by atoms with van der Waals surface area (Å²) in [6, 6.07) is 1.88. The van der Waals surface area contributed by atoms with Crippen molar-refractivity contribution in [1.82, 2.24) is 4.98 Å². The molecule has 1 aromatic rings. The summed E-state index contributed by atoms with van der Waals surface area (Å²) < 4.78 is 0.881. The van der Waals surface area contributed by atoms with E-state index in [-0.39, 0.29) is 11.8 Å². The van der Waals surface area contributed by atoms with E-state index in [1.165, 1.54) is 0 Å². The van der Waals surface area contributed by atoms with Gasteiger partial charge < -0.3 is 5.32 Å². The fourth-order valence-electron chi connectivity index (χ4n) is 1.17. The largest absolute Gasteiger partial charge is 0.323 e. The lowest BCUT2D eigenvalue weighted by atomic mass is 10.2. The van der Waals surface area contributed by atoms with Crippen LogP contribution in [0.25, 0.3) is 0 Å². The molecule has 0 aliphatic carbocycles. The zero-order valence-corrected chi connectivity index (χ0v) is 9.98. The molecule has 1 aromatic heterocycles. The summed E-state index contributed by atoms with van der Waals surface area (Å²) in [5, 5.41) is 3.76. The third kappa shape index (κ3) is 1.93. The Morgan fingerprint density at radius 1 is 1.71 bits per heavy atom. The Bertz CT molecular complexity index is 383. The van der Waals surface area contributed by atoms with E-state index in [0.29, 0.717) is 0 Å².